The van der Waals surface area contributed by atoms with E-state index in [4.69, 9.17) is 0 Å². The van der Waals surface area contributed by atoms with E-state index in [1.54, 1.807) is 12.1 Å². The third-order valence-corrected chi connectivity index (χ3v) is 4.57. The van der Waals surface area contributed by atoms with Crippen LogP contribution in [0.4, 0.5) is 0 Å². The molecule has 9 heteroatoms. The number of benzene rings is 2. The van der Waals surface area contributed by atoms with Gasteiger partial charge in [-0.2, -0.15) is 8.42 Å². The Labute approximate surface area is 169 Å². The van der Waals surface area contributed by atoms with E-state index in [0.717, 1.165) is 12.8 Å². The summed E-state index contributed by atoms with van der Waals surface area (Å²) >= 11 is 0. The molecule has 0 radical (unpaired) electrons. The summed E-state index contributed by atoms with van der Waals surface area (Å²) < 4.78 is 32.5. The average molecular weight is 371 g/mol. The molecule has 7 nitrogen and oxygen atoms in total. The van der Waals surface area contributed by atoms with Crippen molar-refractivity contribution in [3.63, 3.8) is 0 Å². The minimum Gasteiger partial charge on any atom is -1.00 e. The summed E-state index contributed by atoms with van der Waals surface area (Å²) in [4.78, 5) is 0.896. The van der Waals surface area contributed by atoms with Crippen LogP contribution in [-0.2, 0) is 16.5 Å². The van der Waals surface area contributed by atoms with Gasteiger partial charge in [-0.25, -0.2) is 0 Å². The van der Waals surface area contributed by atoms with Crippen molar-refractivity contribution in [2.75, 3.05) is 0 Å². The predicted molar refractivity (Wildman–Crippen MR) is 90.1 cm³/mol. The van der Waals surface area contributed by atoms with Crippen LogP contribution in [-0.4, -0.2) is 33.1 Å². The van der Waals surface area contributed by atoms with Gasteiger partial charge in [-0.15, -0.1) is 15.0 Å². The van der Waals surface area contributed by atoms with Gasteiger partial charge in [0.2, 0.25) is 0 Å². The third-order valence-electron chi connectivity index (χ3n) is 3.74. The van der Waals surface area contributed by atoms with E-state index in [1.807, 2.05) is 19.1 Å². The first-order chi connectivity index (χ1) is 11.4. The zero-order valence-electron chi connectivity index (χ0n) is 15.0. The van der Waals surface area contributed by atoms with Crippen LogP contribution in [0.1, 0.15) is 26.8 Å². The molecule has 0 saturated carbocycles. The topological polar surface area (TPSA) is 105 Å². The van der Waals surface area contributed by atoms with E-state index in [2.05, 4.69) is 10.2 Å². The summed E-state index contributed by atoms with van der Waals surface area (Å²) in [5.41, 5.74) is 1.78. The van der Waals surface area contributed by atoms with Crippen LogP contribution in [0, 0.1) is 0 Å². The summed E-state index contributed by atoms with van der Waals surface area (Å²) in [6.45, 7) is 1.99. The Kier molecular flexibility index (Phi) is 6.23. The van der Waals surface area contributed by atoms with Gasteiger partial charge in [0.05, 0.1) is 4.90 Å². The average Bonchev–Trinajstić information content (AvgIpc) is 2.96. The van der Waals surface area contributed by atoms with Gasteiger partial charge in [0.1, 0.15) is 22.5 Å². The molecule has 2 aromatic carbocycles. The summed E-state index contributed by atoms with van der Waals surface area (Å²) in [6.07, 6.45) is 2.14. The minimum absolute atomic E-state index is 0. The van der Waals surface area contributed by atoms with Crippen LogP contribution in [0.5, 0.6) is 5.75 Å². The molecule has 0 aliphatic heterocycles. The number of rotatable bonds is 5. The second-order valence-electron chi connectivity index (χ2n) is 5.51. The van der Waals surface area contributed by atoms with Crippen molar-refractivity contribution >= 4 is 21.2 Å². The molecule has 0 spiro atoms. The number of aromatic hydroxyl groups is 1. The molecule has 0 aliphatic rings. The molecule has 0 atom stereocenters. The van der Waals surface area contributed by atoms with E-state index >= 15 is 0 Å². The molecule has 3 aromatic rings. The molecular weight excluding hydrogens is 353 g/mol. The van der Waals surface area contributed by atoms with Crippen molar-refractivity contribution in [3.05, 3.63) is 42.0 Å². The summed E-state index contributed by atoms with van der Waals surface area (Å²) in [7, 11) is -4.41. The molecule has 0 saturated heterocycles. The predicted octanol–water partition coefficient (Wildman–Crippen LogP) is -0.168. The Bertz CT molecular complexity index is 975. The first-order valence-electron chi connectivity index (χ1n) is 7.56. The van der Waals surface area contributed by atoms with Crippen LogP contribution in [0.3, 0.4) is 0 Å². The van der Waals surface area contributed by atoms with Gasteiger partial charge in [-0.05, 0) is 42.7 Å². The Hall–Kier alpha value is -1.45. The number of phenolic OH excluding ortho intramolecular Hbond substituents is 1. The normalized spacial score (nSPS) is 11.4. The van der Waals surface area contributed by atoms with E-state index in [-0.39, 0.29) is 47.3 Å². The van der Waals surface area contributed by atoms with Gasteiger partial charge < -0.3 is 6.53 Å². The number of aryl methyl sites for hydroxylation is 1. The number of unbranched alkanes of at least 4 members (excludes halogenated alkanes) is 1. The van der Waals surface area contributed by atoms with Gasteiger partial charge in [-0.3, -0.25) is 4.55 Å². The second kappa shape index (κ2) is 7.84. The monoisotopic (exact) mass is 371 g/mol. The van der Waals surface area contributed by atoms with Crippen molar-refractivity contribution in [3.8, 4) is 11.4 Å². The molecule has 0 aliphatic carbocycles. The Morgan fingerprint density at radius 1 is 1.16 bits per heavy atom. The largest absolute Gasteiger partial charge is 1.00 e. The first kappa shape index (κ1) is 19.9. The zero-order chi connectivity index (χ0) is 17.3. The fourth-order valence-electron chi connectivity index (χ4n) is 2.48. The summed E-state index contributed by atoms with van der Waals surface area (Å²) in [5, 5.41) is 19.0. The van der Waals surface area contributed by atoms with Crippen LogP contribution in [0.2, 0.25) is 0 Å². The van der Waals surface area contributed by atoms with Crippen LogP contribution < -0.4 is 29.6 Å². The van der Waals surface area contributed by atoms with Gasteiger partial charge >= 0.3 is 29.6 Å². The number of fused-ring (bicyclic) bond motifs is 1. The molecule has 2 N–H and O–H groups in total. The molecule has 1 aromatic heterocycles. The Morgan fingerprint density at radius 3 is 2.28 bits per heavy atom. The molecule has 1 heterocycles. The van der Waals surface area contributed by atoms with Gasteiger partial charge in [0.15, 0.2) is 0 Å². The molecule has 0 fully saturated rings. The van der Waals surface area contributed by atoms with Gasteiger partial charge in [0, 0.05) is 0 Å². The molecule has 3 rings (SSSR count). The molecule has 0 unspecified atom stereocenters. The molecule has 0 amide bonds. The Morgan fingerprint density at radius 2 is 1.76 bits per heavy atom. The summed E-state index contributed by atoms with van der Waals surface area (Å²) in [5.74, 6) is -0.0869. The van der Waals surface area contributed by atoms with Crippen LogP contribution in [0.15, 0.2) is 41.3 Å². The Balaban J connectivity index is 0.00000169. The number of hydrogen-bond acceptors (Lipinski definition) is 5. The maximum Gasteiger partial charge on any atom is 1.00 e. The third kappa shape index (κ3) is 4.21. The number of aromatic nitrogens is 3. The maximum absolute atomic E-state index is 11.5. The van der Waals surface area contributed by atoms with E-state index in [0.29, 0.717) is 23.0 Å². The van der Waals surface area contributed by atoms with Gasteiger partial charge in [-0.1, -0.05) is 25.5 Å². The fraction of sp³-hybridized carbons (Fsp3) is 0.250. The molecular formula is C16H18N3NaO4S. The van der Waals surface area contributed by atoms with Crippen LogP contribution >= 0.6 is 0 Å². The van der Waals surface area contributed by atoms with E-state index < -0.39 is 10.1 Å². The van der Waals surface area contributed by atoms with Crippen molar-refractivity contribution in [2.45, 2.75) is 31.1 Å². The molecule has 25 heavy (non-hydrogen) atoms. The second-order valence-corrected chi connectivity index (χ2v) is 6.93. The van der Waals surface area contributed by atoms with E-state index in [9.17, 15) is 18.1 Å². The fourth-order valence-corrected chi connectivity index (χ4v) is 3.03. The zero-order valence-corrected chi connectivity index (χ0v) is 16.9. The quantitative estimate of drug-likeness (QED) is 0.477. The standard InChI is InChI=1S/C16H17N3O4S.Na.H/c1-2-3-6-11-9-12(24(21,22)23)10-15(16(11)20)19-17-13-7-4-5-8-14(13)18-19;;/h4-5,7-10,20H,2-3,6H2,1H3,(H,21,22,23);;/q;+1;-1. The summed E-state index contributed by atoms with van der Waals surface area (Å²) in [6, 6.07) is 9.60. The molecule has 128 valence electrons. The van der Waals surface area contributed by atoms with Crippen molar-refractivity contribution in [2.24, 2.45) is 0 Å². The van der Waals surface area contributed by atoms with Gasteiger partial charge in [0.25, 0.3) is 10.1 Å². The maximum atomic E-state index is 11.5. The number of hydrogen-bond donors (Lipinski definition) is 2. The van der Waals surface area contributed by atoms with Crippen LogP contribution in [0.25, 0.3) is 16.7 Å². The van der Waals surface area contributed by atoms with Crippen molar-refractivity contribution < 1.29 is 49.1 Å². The van der Waals surface area contributed by atoms with Crippen molar-refractivity contribution in [1.29, 1.82) is 0 Å². The number of nitrogens with zero attached hydrogens (tertiary/aromatic N) is 3. The SMILES string of the molecule is CCCCc1cc(S(=O)(=O)O)cc(-n2nc3ccccc3n2)c1O.[H-].[Na+]. The van der Waals surface area contributed by atoms with E-state index in [1.165, 1.54) is 16.9 Å². The smallest absolute Gasteiger partial charge is 1.00 e. The number of phenols is 1. The molecule has 0 bridgehead atoms. The minimum atomic E-state index is -4.41. The first-order valence-corrected chi connectivity index (χ1v) is 9.00. The van der Waals surface area contributed by atoms with Crippen molar-refractivity contribution in [1.82, 2.24) is 15.0 Å².